The summed E-state index contributed by atoms with van der Waals surface area (Å²) in [6, 6.07) is 2.83. The Bertz CT molecular complexity index is 484. The summed E-state index contributed by atoms with van der Waals surface area (Å²) in [4.78, 5) is 21.7. The maximum absolute atomic E-state index is 11.5. The molecule has 84 valence electrons. The predicted molar refractivity (Wildman–Crippen MR) is 59.2 cm³/mol. The molecule has 1 atom stereocenters. The lowest BCUT2D eigenvalue weighted by atomic mass is 9.97. The van der Waals surface area contributed by atoms with Gasteiger partial charge in [-0.05, 0) is 18.1 Å². The number of rotatable bonds is 2. The van der Waals surface area contributed by atoms with Crippen LogP contribution in [-0.4, -0.2) is 10.8 Å². The van der Waals surface area contributed by atoms with E-state index in [2.05, 4.69) is 5.32 Å². The van der Waals surface area contributed by atoms with Gasteiger partial charge in [0, 0.05) is 11.8 Å². The second-order valence-corrected chi connectivity index (χ2v) is 3.71. The third kappa shape index (κ3) is 1.39. The molecule has 0 radical (unpaired) electrons. The molecule has 0 bridgehead atoms. The fourth-order valence-corrected chi connectivity index (χ4v) is 1.94. The quantitative estimate of drug-likeness (QED) is 0.450. The highest BCUT2D eigenvalue weighted by atomic mass is 16.6. The molecular weight excluding hydrogens is 210 g/mol. The Morgan fingerprint density at radius 2 is 2.25 bits per heavy atom. The third-order valence-electron chi connectivity index (χ3n) is 2.75. The Morgan fingerprint density at radius 3 is 2.81 bits per heavy atom. The minimum atomic E-state index is -0.537. The van der Waals surface area contributed by atoms with Crippen LogP contribution < -0.4 is 11.1 Å². The van der Waals surface area contributed by atoms with Crippen LogP contribution in [0.15, 0.2) is 12.1 Å². The summed E-state index contributed by atoms with van der Waals surface area (Å²) in [5, 5.41) is 13.4. The predicted octanol–water partition coefficient (Wildman–Crippen LogP) is 1.62. The fraction of sp³-hybridized carbons (Fsp3) is 0.300. The highest BCUT2D eigenvalue weighted by Gasteiger charge is 2.31. The number of nitrogens with two attached hydrogens (primary N) is 1. The molecule has 1 amide bonds. The van der Waals surface area contributed by atoms with E-state index in [-0.39, 0.29) is 23.2 Å². The van der Waals surface area contributed by atoms with Gasteiger partial charge in [0.1, 0.15) is 5.69 Å². The minimum Gasteiger partial charge on any atom is -0.393 e. The van der Waals surface area contributed by atoms with Gasteiger partial charge in [-0.15, -0.1) is 0 Å². The number of benzene rings is 1. The second-order valence-electron chi connectivity index (χ2n) is 3.71. The monoisotopic (exact) mass is 221 g/mol. The van der Waals surface area contributed by atoms with Crippen LogP contribution in [0.5, 0.6) is 0 Å². The summed E-state index contributed by atoms with van der Waals surface area (Å²) >= 11 is 0. The third-order valence-corrected chi connectivity index (χ3v) is 2.75. The number of hydrogen-bond donors (Lipinski definition) is 2. The fourth-order valence-electron chi connectivity index (χ4n) is 1.94. The van der Waals surface area contributed by atoms with E-state index in [0.717, 1.165) is 0 Å². The molecule has 0 saturated heterocycles. The summed E-state index contributed by atoms with van der Waals surface area (Å²) in [6.07, 6.45) is 0.611. The number of carbonyl (C=O) groups is 1. The van der Waals surface area contributed by atoms with Gasteiger partial charge >= 0.3 is 0 Å². The van der Waals surface area contributed by atoms with Crippen LogP contribution in [-0.2, 0) is 4.79 Å². The number of amides is 1. The molecule has 1 heterocycles. The summed E-state index contributed by atoms with van der Waals surface area (Å²) in [5.41, 5.74) is 6.70. The summed E-state index contributed by atoms with van der Waals surface area (Å²) < 4.78 is 0. The van der Waals surface area contributed by atoms with E-state index < -0.39 is 4.92 Å². The summed E-state index contributed by atoms with van der Waals surface area (Å²) in [5.74, 6) is -0.438. The largest absolute Gasteiger partial charge is 0.393 e. The van der Waals surface area contributed by atoms with Crippen LogP contribution >= 0.6 is 0 Å². The first-order chi connectivity index (χ1) is 7.54. The van der Waals surface area contributed by atoms with Crippen molar-refractivity contribution in [3.05, 3.63) is 27.8 Å². The van der Waals surface area contributed by atoms with Crippen molar-refractivity contribution in [1.82, 2.24) is 0 Å². The van der Waals surface area contributed by atoms with E-state index in [1.807, 2.05) is 6.92 Å². The lowest BCUT2D eigenvalue weighted by Gasteiger charge is -2.05. The number of anilines is 2. The highest BCUT2D eigenvalue weighted by Crippen LogP contribution is 2.39. The molecule has 6 heteroatoms. The Morgan fingerprint density at radius 1 is 1.56 bits per heavy atom. The van der Waals surface area contributed by atoms with Gasteiger partial charge in [0.25, 0.3) is 5.69 Å². The maximum atomic E-state index is 11.5. The first-order valence-corrected chi connectivity index (χ1v) is 4.93. The Hall–Kier alpha value is -2.11. The molecule has 16 heavy (non-hydrogen) atoms. The first-order valence-electron chi connectivity index (χ1n) is 4.93. The van der Waals surface area contributed by atoms with Crippen molar-refractivity contribution in [2.75, 3.05) is 11.1 Å². The highest BCUT2D eigenvalue weighted by molar-refractivity contribution is 6.04. The van der Waals surface area contributed by atoms with Crippen molar-refractivity contribution in [3.8, 4) is 0 Å². The topological polar surface area (TPSA) is 98.3 Å². The Labute approximate surface area is 91.6 Å². The molecular formula is C10H11N3O3. The molecule has 1 aromatic carbocycles. The van der Waals surface area contributed by atoms with Crippen LogP contribution in [0.2, 0.25) is 0 Å². The van der Waals surface area contributed by atoms with E-state index in [9.17, 15) is 14.9 Å². The normalized spacial score (nSPS) is 18.1. The number of nitrogens with zero attached hydrogens (tertiary/aromatic N) is 1. The van der Waals surface area contributed by atoms with Crippen molar-refractivity contribution >= 4 is 23.0 Å². The average Bonchev–Trinajstić information content (AvgIpc) is 2.50. The Balaban J connectivity index is 2.57. The van der Waals surface area contributed by atoms with Gasteiger partial charge in [-0.3, -0.25) is 14.9 Å². The average molecular weight is 221 g/mol. The van der Waals surface area contributed by atoms with Crippen LogP contribution in [0.4, 0.5) is 17.1 Å². The van der Waals surface area contributed by atoms with Gasteiger partial charge in [0.2, 0.25) is 5.91 Å². The molecule has 1 aliphatic heterocycles. The van der Waals surface area contributed by atoms with Crippen LogP contribution in [0.1, 0.15) is 24.8 Å². The van der Waals surface area contributed by atoms with Gasteiger partial charge in [-0.1, -0.05) is 6.92 Å². The van der Waals surface area contributed by atoms with Crippen molar-refractivity contribution in [3.63, 3.8) is 0 Å². The van der Waals surface area contributed by atoms with Crippen LogP contribution in [0.3, 0.4) is 0 Å². The zero-order chi connectivity index (χ0) is 11.9. The minimum absolute atomic E-state index is 0.0702. The molecule has 3 N–H and O–H groups in total. The van der Waals surface area contributed by atoms with Crippen LogP contribution in [0, 0.1) is 10.1 Å². The van der Waals surface area contributed by atoms with Gasteiger partial charge in [-0.25, -0.2) is 0 Å². The van der Waals surface area contributed by atoms with Crippen molar-refractivity contribution < 1.29 is 9.72 Å². The molecule has 6 nitrogen and oxygen atoms in total. The molecule has 1 aliphatic rings. The van der Waals surface area contributed by atoms with Gasteiger partial charge in [0.15, 0.2) is 0 Å². The van der Waals surface area contributed by atoms with E-state index in [1.165, 1.54) is 12.1 Å². The molecule has 1 unspecified atom stereocenters. The van der Waals surface area contributed by atoms with Gasteiger partial charge < -0.3 is 11.1 Å². The van der Waals surface area contributed by atoms with Gasteiger partial charge in [-0.2, -0.15) is 0 Å². The lowest BCUT2D eigenvalue weighted by Crippen LogP contribution is -2.10. The van der Waals surface area contributed by atoms with Crippen LogP contribution in [0.25, 0.3) is 0 Å². The second kappa shape index (κ2) is 3.48. The number of nitro benzene ring substituents is 1. The number of hydrogen-bond acceptors (Lipinski definition) is 4. The molecule has 0 saturated carbocycles. The number of nitro groups is 1. The molecule has 0 spiro atoms. The van der Waals surface area contributed by atoms with E-state index in [0.29, 0.717) is 17.7 Å². The molecule has 0 fully saturated rings. The van der Waals surface area contributed by atoms with Gasteiger partial charge in [0.05, 0.1) is 10.8 Å². The van der Waals surface area contributed by atoms with E-state index in [4.69, 9.17) is 5.73 Å². The van der Waals surface area contributed by atoms with Crippen molar-refractivity contribution in [1.29, 1.82) is 0 Å². The summed E-state index contributed by atoms with van der Waals surface area (Å²) in [7, 11) is 0. The maximum Gasteiger partial charge on any atom is 0.292 e. The number of nitrogens with one attached hydrogen (secondary N) is 1. The number of nitrogen functional groups attached to an aromatic ring is 1. The number of carbonyl (C=O) groups excluding carboxylic acids is 1. The zero-order valence-electron chi connectivity index (χ0n) is 8.69. The lowest BCUT2D eigenvalue weighted by molar-refractivity contribution is -0.383. The van der Waals surface area contributed by atoms with Crippen molar-refractivity contribution in [2.24, 2.45) is 0 Å². The SMILES string of the molecule is CCC1C(=O)Nc2cc(N)c([N+](=O)[O-])cc21. The van der Waals surface area contributed by atoms with E-state index in [1.54, 1.807) is 0 Å². The molecule has 0 aromatic heterocycles. The van der Waals surface area contributed by atoms with E-state index >= 15 is 0 Å². The zero-order valence-corrected chi connectivity index (χ0v) is 8.69. The number of fused-ring (bicyclic) bond motifs is 1. The molecule has 0 aliphatic carbocycles. The Kier molecular flexibility index (Phi) is 2.26. The summed E-state index contributed by atoms with van der Waals surface area (Å²) in [6.45, 7) is 1.86. The standard InChI is InChI=1S/C10H11N3O3/c1-2-5-6-3-9(13(15)16)7(11)4-8(6)12-10(5)14/h3-5H,2,11H2,1H3,(H,12,14). The first kappa shape index (κ1) is 10.4. The van der Waals surface area contributed by atoms with Crippen molar-refractivity contribution in [2.45, 2.75) is 19.3 Å². The molecule has 1 aromatic rings. The smallest absolute Gasteiger partial charge is 0.292 e. The molecule has 2 rings (SSSR count).